The van der Waals surface area contributed by atoms with Crippen LogP contribution in [0, 0.1) is 11.3 Å². The molecule has 86 valence electrons. The highest BCUT2D eigenvalue weighted by molar-refractivity contribution is 8.00. The molecule has 0 saturated heterocycles. The van der Waals surface area contributed by atoms with Crippen LogP contribution in [-0.4, -0.2) is 58.1 Å². The zero-order chi connectivity index (χ0) is 11.7. The standard InChI is InChI=1S/C8H14N2O4S/c9-1-2-15-3-7(14)10-8(4-11,5-12)6-13/h11-13H,2-6H2,(H,10,14). The molecule has 0 aliphatic carbocycles. The number of hydrogen-bond donors (Lipinski definition) is 4. The first-order chi connectivity index (χ1) is 7.14. The molecule has 0 aliphatic rings. The van der Waals surface area contributed by atoms with E-state index in [1.165, 1.54) is 0 Å². The Bertz CT molecular complexity index is 229. The van der Waals surface area contributed by atoms with Gasteiger partial charge in [-0.15, -0.1) is 11.8 Å². The fourth-order valence-corrected chi connectivity index (χ4v) is 1.24. The number of amides is 1. The van der Waals surface area contributed by atoms with Crippen LogP contribution in [0.3, 0.4) is 0 Å². The molecule has 0 heterocycles. The Morgan fingerprint density at radius 2 is 1.87 bits per heavy atom. The van der Waals surface area contributed by atoms with Gasteiger partial charge >= 0.3 is 0 Å². The van der Waals surface area contributed by atoms with E-state index in [9.17, 15) is 4.79 Å². The fraction of sp³-hybridized carbons (Fsp3) is 0.750. The Morgan fingerprint density at radius 1 is 1.33 bits per heavy atom. The minimum absolute atomic E-state index is 0.0509. The van der Waals surface area contributed by atoms with Crippen molar-refractivity contribution in [2.24, 2.45) is 0 Å². The summed E-state index contributed by atoms with van der Waals surface area (Å²) in [6, 6.07) is 1.86. The summed E-state index contributed by atoms with van der Waals surface area (Å²) >= 11 is 1.12. The number of aliphatic hydroxyl groups is 3. The number of nitrogens with one attached hydrogen (secondary N) is 1. The van der Waals surface area contributed by atoms with E-state index in [1.807, 2.05) is 6.07 Å². The summed E-state index contributed by atoms with van der Waals surface area (Å²) in [6.07, 6.45) is 0. The molecule has 0 saturated carbocycles. The van der Waals surface area contributed by atoms with Crippen LogP contribution in [0.1, 0.15) is 0 Å². The van der Waals surface area contributed by atoms with Crippen molar-refractivity contribution in [2.45, 2.75) is 5.54 Å². The van der Waals surface area contributed by atoms with Gasteiger partial charge in [-0.25, -0.2) is 0 Å². The number of carbonyl (C=O) groups is 1. The van der Waals surface area contributed by atoms with Crippen molar-refractivity contribution in [1.29, 1.82) is 5.26 Å². The van der Waals surface area contributed by atoms with Crippen molar-refractivity contribution in [1.82, 2.24) is 5.32 Å². The SMILES string of the molecule is N#CCSCC(=O)NC(CO)(CO)CO. The highest BCUT2D eigenvalue weighted by Gasteiger charge is 2.29. The number of nitriles is 1. The lowest BCUT2D eigenvalue weighted by molar-refractivity contribution is -0.122. The number of thioether (sulfide) groups is 1. The first kappa shape index (κ1) is 14.2. The summed E-state index contributed by atoms with van der Waals surface area (Å²) < 4.78 is 0. The Hall–Kier alpha value is -0.810. The Morgan fingerprint density at radius 3 is 2.27 bits per heavy atom. The second-order valence-corrected chi connectivity index (χ2v) is 3.94. The molecule has 6 nitrogen and oxygen atoms in total. The van der Waals surface area contributed by atoms with Gasteiger partial charge in [0.1, 0.15) is 5.54 Å². The van der Waals surface area contributed by atoms with Crippen LogP contribution in [0.2, 0.25) is 0 Å². The van der Waals surface area contributed by atoms with E-state index in [1.54, 1.807) is 0 Å². The van der Waals surface area contributed by atoms with Crippen LogP contribution in [0.25, 0.3) is 0 Å². The summed E-state index contributed by atoms with van der Waals surface area (Å²) in [5.74, 6) is -0.194. The second kappa shape index (κ2) is 7.48. The molecule has 0 radical (unpaired) electrons. The molecule has 0 bridgehead atoms. The molecule has 0 rings (SSSR count). The third-order valence-electron chi connectivity index (χ3n) is 1.71. The van der Waals surface area contributed by atoms with Crippen molar-refractivity contribution in [3.05, 3.63) is 0 Å². The van der Waals surface area contributed by atoms with Crippen molar-refractivity contribution < 1.29 is 20.1 Å². The van der Waals surface area contributed by atoms with Gasteiger partial charge in [-0.05, 0) is 0 Å². The molecule has 7 heteroatoms. The van der Waals surface area contributed by atoms with Crippen LogP contribution in [0.4, 0.5) is 0 Å². The van der Waals surface area contributed by atoms with E-state index in [-0.39, 0.29) is 11.5 Å². The first-order valence-corrected chi connectivity index (χ1v) is 5.38. The molecule has 0 aromatic carbocycles. The van der Waals surface area contributed by atoms with Gasteiger partial charge in [-0.1, -0.05) is 0 Å². The molecule has 0 aliphatic heterocycles. The highest BCUT2D eigenvalue weighted by Crippen LogP contribution is 2.04. The molecular formula is C8H14N2O4S. The van der Waals surface area contributed by atoms with E-state index in [2.05, 4.69) is 5.32 Å². The van der Waals surface area contributed by atoms with Crippen LogP contribution < -0.4 is 5.32 Å². The Labute approximate surface area is 91.9 Å². The molecule has 1 amide bonds. The molecule has 0 unspecified atom stereocenters. The minimum Gasteiger partial charge on any atom is -0.394 e. The highest BCUT2D eigenvalue weighted by atomic mass is 32.2. The van der Waals surface area contributed by atoms with E-state index in [0.29, 0.717) is 0 Å². The summed E-state index contributed by atoms with van der Waals surface area (Å²) in [4.78, 5) is 11.2. The van der Waals surface area contributed by atoms with Crippen molar-refractivity contribution in [3.63, 3.8) is 0 Å². The number of carbonyl (C=O) groups excluding carboxylic acids is 1. The molecule has 0 aromatic heterocycles. The maximum Gasteiger partial charge on any atom is 0.230 e. The summed E-state index contributed by atoms with van der Waals surface area (Å²) in [5, 5.41) is 37.3. The predicted molar refractivity (Wildman–Crippen MR) is 55.1 cm³/mol. The number of rotatable bonds is 7. The summed E-state index contributed by atoms with van der Waals surface area (Å²) in [6.45, 7) is -1.64. The van der Waals surface area contributed by atoms with Gasteiger partial charge in [-0.2, -0.15) is 5.26 Å². The monoisotopic (exact) mass is 234 g/mol. The van der Waals surface area contributed by atoms with Gasteiger partial charge in [-0.3, -0.25) is 4.79 Å². The number of aliphatic hydroxyl groups excluding tert-OH is 3. The van der Waals surface area contributed by atoms with Crippen LogP contribution in [-0.2, 0) is 4.79 Å². The third-order valence-corrected chi connectivity index (χ3v) is 2.51. The number of nitrogens with zero attached hydrogens (tertiary/aromatic N) is 1. The average Bonchev–Trinajstić information content (AvgIpc) is 2.26. The van der Waals surface area contributed by atoms with Crippen molar-refractivity contribution >= 4 is 17.7 Å². The molecule has 0 aromatic rings. The summed E-state index contributed by atoms with van der Waals surface area (Å²) in [7, 11) is 0. The van der Waals surface area contributed by atoms with Gasteiger partial charge in [0.25, 0.3) is 0 Å². The molecule has 15 heavy (non-hydrogen) atoms. The first-order valence-electron chi connectivity index (χ1n) is 4.22. The Kier molecular flexibility index (Phi) is 7.07. The van der Waals surface area contributed by atoms with Gasteiger partial charge in [0, 0.05) is 0 Å². The largest absolute Gasteiger partial charge is 0.394 e. The van der Waals surface area contributed by atoms with Crippen molar-refractivity contribution in [2.75, 3.05) is 31.3 Å². The van der Waals surface area contributed by atoms with Crippen LogP contribution in [0.5, 0.6) is 0 Å². The van der Waals surface area contributed by atoms with Gasteiger partial charge in [0.2, 0.25) is 5.91 Å². The smallest absolute Gasteiger partial charge is 0.230 e. The molecule has 0 spiro atoms. The predicted octanol–water partition coefficient (Wildman–Crippen LogP) is -1.92. The molecule has 4 N–H and O–H groups in total. The maximum atomic E-state index is 11.2. The van der Waals surface area contributed by atoms with Crippen molar-refractivity contribution in [3.8, 4) is 6.07 Å². The molecular weight excluding hydrogens is 220 g/mol. The lowest BCUT2D eigenvalue weighted by Gasteiger charge is -2.28. The minimum atomic E-state index is -1.38. The third kappa shape index (κ3) is 4.99. The average molecular weight is 234 g/mol. The van der Waals surface area contributed by atoms with E-state index in [4.69, 9.17) is 20.6 Å². The molecule has 0 fully saturated rings. The topological polar surface area (TPSA) is 114 Å². The van der Waals surface area contributed by atoms with Crippen LogP contribution >= 0.6 is 11.8 Å². The number of hydrogen-bond acceptors (Lipinski definition) is 6. The maximum absolute atomic E-state index is 11.2. The van der Waals surface area contributed by atoms with Gasteiger partial charge < -0.3 is 20.6 Å². The zero-order valence-electron chi connectivity index (χ0n) is 8.14. The summed E-state index contributed by atoms with van der Waals surface area (Å²) in [5.41, 5.74) is -1.38. The van der Waals surface area contributed by atoms with E-state index in [0.717, 1.165) is 11.8 Å². The zero-order valence-corrected chi connectivity index (χ0v) is 8.96. The quantitative estimate of drug-likeness (QED) is 0.382. The van der Waals surface area contributed by atoms with E-state index < -0.39 is 31.3 Å². The van der Waals surface area contributed by atoms with E-state index >= 15 is 0 Å². The fourth-order valence-electron chi connectivity index (χ4n) is 0.790. The normalized spacial score (nSPS) is 10.8. The van der Waals surface area contributed by atoms with Gasteiger partial charge in [0.15, 0.2) is 0 Å². The lowest BCUT2D eigenvalue weighted by atomic mass is 10.0. The molecule has 0 atom stereocenters. The Balaban J connectivity index is 4.07. The van der Waals surface area contributed by atoms with Crippen LogP contribution in [0.15, 0.2) is 0 Å². The second-order valence-electron chi connectivity index (χ2n) is 2.95. The lowest BCUT2D eigenvalue weighted by Crippen LogP contribution is -2.57. The van der Waals surface area contributed by atoms with Gasteiger partial charge in [0.05, 0.1) is 37.4 Å².